The molecule has 160 valence electrons. The van der Waals surface area contributed by atoms with Crippen LogP contribution in [0.25, 0.3) is 0 Å². The first-order valence-corrected chi connectivity index (χ1v) is 10.2. The Labute approximate surface area is 178 Å². The molecule has 0 unspecified atom stereocenters. The number of nitrogens with zero attached hydrogens (tertiary/aromatic N) is 2. The maximum atomic E-state index is 13.8. The third-order valence-electron chi connectivity index (χ3n) is 5.45. The normalized spacial score (nSPS) is 15.8. The van der Waals surface area contributed by atoms with Crippen molar-refractivity contribution in [2.75, 3.05) is 19.9 Å². The third kappa shape index (κ3) is 4.19. The van der Waals surface area contributed by atoms with Gasteiger partial charge in [-0.25, -0.2) is 4.39 Å². The minimum atomic E-state index is -0.377. The molecule has 1 aromatic heterocycles. The first kappa shape index (κ1) is 19.4. The van der Waals surface area contributed by atoms with Crippen LogP contribution < -0.4 is 14.2 Å². The smallest absolute Gasteiger partial charge is 0.292 e. The largest absolute Gasteiger partial charge is 0.487 e. The van der Waals surface area contributed by atoms with E-state index < -0.39 is 0 Å². The summed E-state index contributed by atoms with van der Waals surface area (Å²) in [7, 11) is 0. The number of piperidine rings is 1. The number of carbonyl (C=O) groups is 1. The Hall–Kier alpha value is -3.55. The Morgan fingerprint density at radius 1 is 1.10 bits per heavy atom. The second kappa shape index (κ2) is 8.29. The van der Waals surface area contributed by atoms with Gasteiger partial charge in [0.05, 0.1) is 5.69 Å². The first-order chi connectivity index (χ1) is 15.2. The fourth-order valence-electron chi connectivity index (χ4n) is 3.81. The number of carbonyl (C=O) groups excluding carboxylic acids is 1. The summed E-state index contributed by atoms with van der Waals surface area (Å²) in [5.74, 6) is 1.31. The number of amides is 1. The molecule has 0 spiro atoms. The van der Waals surface area contributed by atoms with Gasteiger partial charge in [0.25, 0.3) is 5.91 Å². The summed E-state index contributed by atoms with van der Waals surface area (Å²) in [6, 6.07) is 13.7. The molecule has 1 fully saturated rings. The van der Waals surface area contributed by atoms with Crippen molar-refractivity contribution in [3.63, 3.8) is 0 Å². The number of aromatic nitrogens is 1. The molecule has 0 atom stereocenters. The van der Waals surface area contributed by atoms with Crippen molar-refractivity contribution in [2.24, 2.45) is 0 Å². The molecule has 5 rings (SSSR count). The van der Waals surface area contributed by atoms with Crippen LogP contribution in [-0.2, 0) is 6.42 Å². The third-order valence-corrected chi connectivity index (χ3v) is 5.45. The number of likely N-dealkylation sites (tertiary alicyclic amines) is 1. The summed E-state index contributed by atoms with van der Waals surface area (Å²) >= 11 is 0. The molecular formula is C23H21FN2O5. The van der Waals surface area contributed by atoms with Gasteiger partial charge in [-0.1, -0.05) is 23.4 Å². The summed E-state index contributed by atoms with van der Waals surface area (Å²) < 4.78 is 35.5. The van der Waals surface area contributed by atoms with E-state index in [2.05, 4.69) is 5.16 Å². The van der Waals surface area contributed by atoms with Crippen molar-refractivity contribution in [1.29, 1.82) is 0 Å². The van der Waals surface area contributed by atoms with Crippen LogP contribution in [-0.4, -0.2) is 42.0 Å². The van der Waals surface area contributed by atoms with Crippen LogP contribution in [0.5, 0.6) is 17.2 Å². The SMILES string of the molecule is O=C(c1cc(Cc2ccc3c(c2)OCO3)no1)N1CCC(Oc2ccccc2F)CC1. The van der Waals surface area contributed by atoms with E-state index in [1.54, 1.807) is 29.2 Å². The minimum absolute atomic E-state index is 0.128. The van der Waals surface area contributed by atoms with Gasteiger partial charge in [-0.15, -0.1) is 0 Å². The number of para-hydroxylation sites is 1. The fraction of sp³-hybridized carbons (Fsp3) is 0.304. The molecule has 0 radical (unpaired) electrons. The van der Waals surface area contributed by atoms with Gasteiger partial charge in [0.1, 0.15) is 6.10 Å². The predicted octanol–water partition coefficient (Wildman–Crippen LogP) is 3.82. The van der Waals surface area contributed by atoms with Gasteiger partial charge in [0.15, 0.2) is 23.1 Å². The Kier molecular flexibility index (Phi) is 5.19. The van der Waals surface area contributed by atoms with Crippen LogP contribution in [0, 0.1) is 5.82 Å². The number of benzene rings is 2. The standard InChI is InChI=1S/C23H21FN2O5/c24-18-3-1-2-4-19(18)30-17-7-9-26(10-8-17)23(27)22-13-16(25-31-22)11-15-5-6-20-21(12-15)29-14-28-20/h1-6,12-13,17H,7-11,14H2. The number of hydrogen-bond acceptors (Lipinski definition) is 6. The second-order valence-corrected chi connectivity index (χ2v) is 7.59. The van der Waals surface area contributed by atoms with Crippen molar-refractivity contribution < 1.29 is 27.9 Å². The minimum Gasteiger partial charge on any atom is -0.487 e. The molecule has 0 bridgehead atoms. The van der Waals surface area contributed by atoms with Gasteiger partial charge in [0.2, 0.25) is 12.6 Å². The summed E-state index contributed by atoms with van der Waals surface area (Å²) in [4.78, 5) is 14.5. The average Bonchev–Trinajstić information content (AvgIpc) is 3.45. The maximum absolute atomic E-state index is 13.8. The Morgan fingerprint density at radius 2 is 1.90 bits per heavy atom. The highest BCUT2D eigenvalue weighted by atomic mass is 19.1. The Bertz CT molecular complexity index is 1090. The molecule has 31 heavy (non-hydrogen) atoms. The van der Waals surface area contributed by atoms with E-state index in [-0.39, 0.29) is 36.1 Å². The van der Waals surface area contributed by atoms with Gasteiger partial charge >= 0.3 is 0 Å². The number of ether oxygens (including phenoxy) is 3. The average molecular weight is 424 g/mol. The van der Waals surface area contributed by atoms with Gasteiger partial charge < -0.3 is 23.6 Å². The van der Waals surface area contributed by atoms with Crippen LogP contribution >= 0.6 is 0 Å². The van der Waals surface area contributed by atoms with Crippen molar-refractivity contribution in [2.45, 2.75) is 25.4 Å². The Balaban J connectivity index is 1.17. The molecule has 0 saturated carbocycles. The zero-order valence-corrected chi connectivity index (χ0v) is 16.8. The van der Waals surface area contributed by atoms with Crippen molar-refractivity contribution >= 4 is 5.91 Å². The molecule has 3 aromatic rings. The monoisotopic (exact) mass is 424 g/mol. The van der Waals surface area contributed by atoms with E-state index in [9.17, 15) is 9.18 Å². The molecule has 8 heteroatoms. The zero-order chi connectivity index (χ0) is 21.2. The fourth-order valence-corrected chi connectivity index (χ4v) is 3.81. The molecule has 0 N–H and O–H groups in total. The number of fused-ring (bicyclic) bond motifs is 1. The van der Waals surface area contributed by atoms with Crippen LogP contribution in [0.2, 0.25) is 0 Å². The Morgan fingerprint density at radius 3 is 2.74 bits per heavy atom. The highest BCUT2D eigenvalue weighted by Gasteiger charge is 2.27. The molecule has 2 aliphatic heterocycles. The number of halogens is 1. The molecule has 3 heterocycles. The lowest BCUT2D eigenvalue weighted by molar-refractivity contribution is 0.0551. The van der Waals surface area contributed by atoms with E-state index in [1.165, 1.54) is 6.07 Å². The highest BCUT2D eigenvalue weighted by molar-refractivity contribution is 5.91. The van der Waals surface area contributed by atoms with Gasteiger partial charge in [-0.3, -0.25) is 4.79 Å². The maximum Gasteiger partial charge on any atom is 0.292 e. The quantitative estimate of drug-likeness (QED) is 0.620. The molecule has 2 aromatic carbocycles. The predicted molar refractivity (Wildman–Crippen MR) is 108 cm³/mol. The molecule has 2 aliphatic rings. The van der Waals surface area contributed by atoms with Crippen LogP contribution in [0.4, 0.5) is 4.39 Å². The molecule has 1 amide bonds. The zero-order valence-electron chi connectivity index (χ0n) is 16.8. The lowest BCUT2D eigenvalue weighted by Gasteiger charge is -2.31. The first-order valence-electron chi connectivity index (χ1n) is 10.2. The summed E-state index contributed by atoms with van der Waals surface area (Å²) in [6.45, 7) is 1.25. The van der Waals surface area contributed by atoms with Crippen molar-refractivity contribution in [3.8, 4) is 17.2 Å². The van der Waals surface area contributed by atoms with E-state index in [4.69, 9.17) is 18.7 Å². The lowest BCUT2D eigenvalue weighted by atomic mass is 10.1. The summed E-state index contributed by atoms with van der Waals surface area (Å²) in [6.07, 6.45) is 1.64. The van der Waals surface area contributed by atoms with E-state index >= 15 is 0 Å². The molecular weight excluding hydrogens is 403 g/mol. The molecule has 7 nitrogen and oxygen atoms in total. The van der Waals surface area contributed by atoms with Crippen LogP contribution in [0.3, 0.4) is 0 Å². The topological polar surface area (TPSA) is 74.0 Å². The van der Waals surface area contributed by atoms with Gasteiger partial charge in [0, 0.05) is 38.4 Å². The summed E-state index contributed by atoms with van der Waals surface area (Å²) in [5.41, 5.74) is 1.66. The summed E-state index contributed by atoms with van der Waals surface area (Å²) in [5, 5.41) is 4.04. The molecule has 1 saturated heterocycles. The number of hydrogen-bond donors (Lipinski definition) is 0. The van der Waals surface area contributed by atoms with Gasteiger partial charge in [-0.2, -0.15) is 0 Å². The van der Waals surface area contributed by atoms with Crippen molar-refractivity contribution in [1.82, 2.24) is 10.1 Å². The molecule has 0 aliphatic carbocycles. The lowest BCUT2D eigenvalue weighted by Crippen LogP contribution is -2.41. The van der Waals surface area contributed by atoms with E-state index in [0.717, 1.165) is 11.3 Å². The van der Waals surface area contributed by atoms with Gasteiger partial charge in [-0.05, 0) is 29.8 Å². The second-order valence-electron chi connectivity index (χ2n) is 7.59. The number of rotatable bonds is 5. The van der Waals surface area contributed by atoms with Crippen molar-refractivity contribution in [3.05, 3.63) is 71.4 Å². The van der Waals surface area contributed by atoms with Crippen LogP contribution in [0.15, 0.2) is 53.1 Å². The van der Waals surface area contributed by atoms with Crippen LogP contribution in [0.1, 0.15) is 34.7 Å². The van der Waals surface area contributed by atoms with E-state index in [1.807, 2.05) is 18.2 Å². The highest BCUT2D eigenvalue weighted by Crippen LogP contribution is 2.33. The van der Waals surface area contributed by atoms with E-state index in [0.29, 0.717) is 43.8 Å².